The Hall–Kier alpha value is -1.18. The Morgan fingerprint density at radius 1 is 0.571 bits per heavy atom. The summed E-state index contributed by atoms with van der Waals surface area (Å²) < 4.78 is 0. The van der Waals surface area contributed by atoms with Crippen LogP contribution in [0.4, 0.5) is 0 Å². The third-order valence-corrected chi connectivity index (χ3v) is 6.00. The molecule has 106 valence electrons. The van der Waals surface area contributed by atoms with Gasteiger partial charge < -0.3 is 0 Å². The molecule has 0 unspecified atom stereocenters. The molecule has 0 fully saturated rings. The van der Waals surface area contributed by atoms with Crippen LogP contribution in [0.25, 0.3) is 0 Å². The van der Waals surface area contributed by atoms with Crippen molar-refractivity contribution in [3.05, 3.63) is 90.5 Å². The van der Waals surface area contributed by atoms with Crippen molar-refractivity contribution in [2.45, 2.75) is 6.92 Å². The van der Waals surface area contributed by atoms with Gasteiger partial charge in [0.1, 0.15) is 0 Å². The molecule has 3 aromatic rings. The molecule has 0 amide bonds. The molecule has 0 N–H and O–H groups in total. The fraction of sp³-hybridized carbons (Fsp3) is 0.0526. The summed E-state index contributed by atoms with van der Waals surface area (Å²) in [6.07, 6.45) is 0. The lowest BCUT2D eigenvalue weighted by molar-refractivity contribution is 1.52. The number of halogens is 1. The first-order valence-corrected chi connectivity index (χ1v) is 8.16. The third kappa shape index (κ3) is 3.72. The summed E-state index contributed by atoms with van der Waals surface area (Å²) in [6.45, 7) is 2.20. The Morgan fingerprint density at radius 2 is 1.00 bits per heavy atom. The van der Waals surface area contributed by atoms with Gasteiger partial charge in [0.2, 0.25) is 0 Å². The van der Waals surface area contributed by atoms with E-state index >= 15 is 0 Å². The minimum Gasteiger partial charge on any atom is -0.107 e. The van der Waals surface area contributed by atoms with Gasteiger partial charge in [-0.15, -0.1) is 24.0 Å². The van der Waals surface area contributed by atoms with Crippen LogP contribution >= 0.6 is 31.9 Å². The first-order valence-electron chi connectivity index (χ1n) is 6.82. The minimum atomic E-state index is -0.467. The van der Waals surface area contributed by atoms with Crippen LogP contribution in [-0.2, 0) is 0 Å². The lowest BCUT2D eigenvalue weighted by atomic mass is 10.2. The maximum Gasteiger partial charge on any atom is -0.0122 e. The van der Waals surface area contributed by atoms with E-state index in [9.17, 15) is 0 Å². The Bertz CT molecular complexity index is 641. The summed E-state index contributed by atoms with van der Waals surface area (Å²) in [4.78, 5) is 0. The van der Waals surface area contributed by atoms with Gasteiger partial charge in [-0.3, -0.25) is 0 Å². The molecule has 0 aliphatic carbocycles. The molecule has 3 rings (SSSR count). The highest BCUT2D eigenvalue weighted by Gasteiger charge is 2.17. The van der Waals surface area contributed by atoms with Crippen molar-refractivity contribution in [1.29, 1.82) is 0 Å². The second-order valence-electron chi connectivity index (χ2n) is 4.79. The number of benzene rings is 3. The molecule has 0 saturated heterocycles. The van der Waals surface area contributed by atoms with Crippen LogP contribution < -0.4 is 15.9 Å². The molecule has 2 heteroatoms. The molecule has 0 spiro atoms. The van der Waals surface area contributed by atoms with Gasteiger partial charge in [0, 0.05) is 0 Å². The van der Waals surface area contributed by atoms with E-state index in [1.165, 1.54) is 21.5 Å². The van der Waals surface area contributed by atoms with E-state index in [2.05, 4.69) is 91.9 Å². The predicted molar refractivity (Wildman–Crippen MR) is 105 cm³/mol. The molecule has 0 aromatic heterocycles. The van der Waals surface area contributed by atoms with E-state index in [4.69, 9.17) is 0 Å². The van der Waals surface area contributed by atoms with Gasteiger partial charge in [-0.25, -0.2) is 0 Å². The monoisotopic (exact) mass is 404 g/mol. The van der Waals surface area contributed by atoms with Crippen LogP contribution in [0.1, 0.15) is 5.56 Å². The van der Waals surface area contributed by atoms with E-state index in [0.717, 1.165) is 0 Å². The Morgan fingerprint density at radius 3 is 1.48 bits per heavy atom. The van der Waals surface area contributed by atoms with Crippen molar-refractivity contribution in [3.63, 3.8) is 0 Å². The van der Waals surface area contributed by atoms with E-state index < -0.39 is 7.92 Å². The molecule has 0 saturated carbocycles. The van der Waals surface area contributed by atoms with E-state index in [1.807, 2.05) is 0 Å². The van der Waals surface area contributed by atoms with Gasteiger partial charge >= 0.3 is 0 Å². The molecule has 0 bridgehead atoms. The summed E-state index contributed by atoms with van der Waals surface area (Å²) in [5.74, 6) is 0. The van der Waals surface area contributed by atoms with Crippen LogP contribution in [0.15, 0.2) is 84.9 Å². The summed E-state index contributed by atoms with van der Waals surface area (Å²) in [5.41, 5.74) is 1.37. The highest BCUT2D eigenvalue weighted by atomic mass is 127. The first-order chi connectivity index (χ1) is 9.86. The summed E-state index contributed by atoms with van der Waals surface area (Å²) >= 11 is 0. The van der Waals surface area contributed by atoms with Crippen molar-refractivity contribution in [2.75, 3.05) is 0 Å². The third-order valence-electron chi connectivity index (χ3n) is 3.39. The second-order valence-corrected chi connectivity index (χ2v) is 6.98. The predicted octanol–water partition coefficient (Wildman–Crippen LogP) is 4.37. The molecular weight excluding hydrogens is 386 g/mol. The molecular formula is C19H18IP. The SMILES string of the molecule is Cc1ccccc1P(c1ccccc1)c1ccccc1.I. The molecule has 0 atom stereocenters. The van der Waals surface area contributed by atoms with Crippen molar-refractivity contribution in [3.8, 4) is 0 Å². The number of hydrogen-bond acceptors (Lipinski definition) is 0. The fourth-order valence-electron chi connectivity index (χ4n) is 2.40. The van der Waals surface area contributed by atoms with Crippen LogP contribution in [0.3, 0.4) is 0 Å². The zero-order valence-electron chi connectivity index (χ0n) is 11.9. The van der Waals surface area contributed by atoms with Gasteiger partial charge in [0.05, 0.1) is 0 Å². The van der Waals surface area contributed by atoms with Gasteiger partial charge in [-0.2, -0.15) is 0 Å². The molecule has 3 aromatic carbocycles. The van der Waals surface area contributed by atoms with Gasteiger partial charge in [0.25, 0.3) is 0 Å². The molecule has 21 heavy (non-hydrogen) atoms. The van der Waals surface area contributed by atoms with Crippen molar-refractivity contribution in [1.82, 2.24) is 0 Å². The Kier molecular flexibility index (Phi) is 5.96. The Labute approximate surface area is 145 Å². The van der Waals surface area contributed by atoms with Crippen molar-refractivity contribution >= 4 is 47.8 Å². The zero-order valence-corrected chi connectivity index (χ0v) is 15.2. The fourth-order valence-corrected chi connectivity index (χ4v) is 4.85. The lowest BCUT2D eigenvalue weighted by Crippen LogP contribution is -2.22. The average molecular weight is 404 g/mol. The van der Waals surface area contributed by atoms with Gasteiger partial charge in [-0.1, -0.05) is 84.9 Å². The van der Waals surface area contributed by atoms with Crippen LogP contribution in [0.2, 0.25) is 0 Å². The molecule has 0 nitrogen and oxygen atoms in total. The van der Waals surface area contributed by atoms with Crippen molar-refractivity contribution in [2.24, 2.45) is 0 Å². The van der Waals surface area contributed by atoms with Gasteiger partial charge in [-0.05, 0) is 36.3 Å². The smallest absolute Gasteiger partial charge is 0.0122 e. The quantitative estimate of drug-likeness (QED) is 0.449. The summed E-state index contributed by atoms with van der Waals surface area (Å²) in [6, 6.07) is 30.4. The zero-order chi connectivity index (χ0) is 13.8. The van der Waals surface area contributed by atoms with Crippen LogP contribution in [-0.4, -0.2) is 0 Å². The van der Waals surface area contributed by atoms with E-state index in [1.54, 1.807) is 0 Å². The van der Waals surface area contributed by atoms with Gasteiger partial charge in [0.15, 0.2) is 0 Å². The molecule has 0 heterocycles. The number of rotatable bonds is 3. The highest BCUT2D eigenvalue weighted by Crippen LogP contribution is 2.33. The van der Waals surface area contributed by atoms with Crippen LogP contribution in [0.5, 0.6) is 0 Å². The lowest BCUT2D eigenvalue weighted by Gasteiger charge is -2.21. The average Bonchev–Trinajstić information content (AvgIpc) is 2.52. The standard InChI is InChI=1S/C19H17P.HI/c1-16-10-8-9-15-19(16)20(17-11-4-2-5-12-17)18-13-6-3-7-14-18;/h2-15H,1H3;1H. The highest BCUT2D eigenvalue weighted by molar-refractivity contribution is 14.0. The molecule has 0 aliphatic heterocycles. The number of hydrogen-bond donors (Lipinski definition) is 0. The van der Waals surface area contributed by atoms with Crippen LogP contribution in [0, 0.1) is 6.92 Å². The first kappa shape index (κ1) is 16.2. The van der Waals surface area contributed by atoms with E-state index in [0.29, 0.717) is 0 Å². The topological polar surface area (TPSA) is 0 Å². The van der Waals surface area contributed by atoms with Crippen molar-refractivity contribution < 1.29 is 0 Å². The summed E-state index contributed by atoms with van der Waals surface area (Å²) in [5, 5.41) is 4.26. The molecule has 0 aliphatic rings. The maximum absolute atomic E-state index is 2.26. The second kappa shape index (κ2) is 7.72. The number of aryl methyl sites for hydroxylation is 1. The minimum absolute atomic E-state index is 0. The Balaban J connectivity index is 0.00000161. The summed E-state index contributed by atoms with van der Waals surface area (Å²) in [7, 11) is -0.467. The van der Waals surface area contributed by atoms with E-state index in [-0.39, 0.29) is 24.0 Å². The largest absolute Gasteiger partial charge is 0.107 e. The molecule has 0 radical (unpaired) electrons. The maximum atomic E-state index is 2.26. The normalized spacial score (nSPS) is 10.2.